The lowest BCUT2D eigenvalue weighted by Gasteiger charge is -1.85. The molecule has 1 heterocycles. The molecule has 54 valence electrons. The van der Waals surface area contributed by atoms with E-state index in [2.05, 4.69) is 14.8 Å². The zero-order valence-corrected chi connectivity index (χ0v) is 5.74. The van der Waals surface area contributed by atoms with Crippen LogP contribution in [0.25, 0.3) is 0 Å². The number of hydrogen-bond donors (Lipinski definition) is 0. The summed E-state index contributed by atoms with van der Waals surface area (Å²) in [4.78, 5) is 13.9. The molecule has 0 spiro atoms. The maximum Gasteiger partial charge on any atom is 0.335 e. The number of carbonyl (C=O) groups excluding carboxylic acids is 1. The van der Waals surface area contributed by atoms with E-state index in [1.165, 1.54) is 11.8 Å². The largest absolute Gasteiger partial charge is 0.466 e. The molecule has 0 aliphatic carbocycles. The molecule has 1 rings (SSSR count). The van der Waals surface area contributed by atoms with Crippen molar-refractivity contribution < 1.29 is 9.53 Å². The fraction of sp³-hybridized carbons (Fsp3) is 0.400. The molecule has 0 aromatic carbocycles. The second-order valence-corrected chi connectivity index (χ2v) is 1.70. The molecule has 1 aromatic heterocycles. The molecule has 0 unspecified atom stereocenters. The van der Waals surface area contributed by atoms with Crippen molar-refractivity contribution in [1.82, 2.24) is 14.8 Å². The summed E-state index contributed by atoms with van der Waals surface area (Å²) >= 11 is 0. The molecular weight excluding hydrogens is 134 g/mol. The van der Waals surface area contributed by atoms with Crippen LogP contribution in [0, 0.1) is 0 Å². The lowest BCUT2D eigenvalue weighted by Crippen LogP contribution is -1.96. The Morgan fingerprint density at radius 1 is 1.70 bits per heavy atom. The first kappa shape index (κ1) is 6.73. The smallest absolute Gasteiger partial charge is 0.335 e. The van der Waals surface area contributed by atoms with Crippen LogP contribution in [0.15, 0.2) is 0 Å². The summed E-state index contributed by atoms with van der Waals surface area (Å²) in [7, 11) is 3.07. The highest BCUT2D eigenvalue weighted by Gasteiger charge is 2.03. The monoisotopic (exact) mass is 141 g/mol. The van der Waals surface area contributed by atoms with Crippen molar-refractivity contribution in [2.75, 3.05) is 7.11 Å². The van der Waals surface area contributed by atoms with Gasteiger partial charge in [0.25, 0.3) is 0 Å². The van der Waals surface area contributed by atoms with Crippen molar-refractivity contribution in [3.8, 4) is 6.01 Å². The summed E-state index contributed by atoms with van der Waals surface area (Å²) in [5, 5.41) is 3.75. The predicted octanol–water partition coefficient (Wildman–Crippen LogP) is -0.364. The molecule has 0 aliphatic rings. The zero-order valence-electron chi connectivity index (χ0n) is 5.74. The predicted molar refractivity (Wildman–Crippen MR) is 32.9 cm³/mol. The first-order chi connectivity index (χ1) is 4.77. The number of ether oxygens (including phenoxy) is 1. The maximum absolute atomic E-state index is 10.2. The number of aromatic nitrogens is 3. The first-order valence-electron chi connectivity index (χ1n) is 2.68. The Bertz CT molecular complexity index is 243. The van der Waals surface area contributed by atoms with Gasteiger partial charge < -0.3 is 4.74 Å². The zero-order chi connectivity index (χ0) is 7.56. The Morgan fingerprint density at radius 2 is 2.40 bits per heavy atom. The van der Waals surface area contributed by atoms with Crippen LogP contribution in [-0.4, -0.2) is 28.2 Å². The average Bonchev–Trinajstić information content (AvgIpc) is 2.30. The Labute approximate surface area is 57.6 Å². The molecule has 5 heteroatoms. The molecule has 0 saturated heterocycles. The summed E-state index contributed by atoms with van der Waals surface area (Å²) in [5.74, 6) is 0.261. The average molecular weight is 141 g/mol. The molecule has 0 aliphatic heterocycles. The van der Waals surface area contributed by atoms with Gasteiger partial charge in [-0.05, 0) is 0 Å². The van der Waals surface area contributed by atoms with Crippen molar-refractivity contribution in [3.05, 3.63) is 5.82 Å². The van der Waals surface area contributed by atoms with E-state index in [4.69, 9.17) is 0 Å². The minimum Gasteiger partial charge on any atom is -0.466 e. The van der Waals surface area contributed by atoms with Gasteiger partial charge in [-0.15, -0.1) is 5.10 Å². The molecule has 1 aromatic rings. The van der Waals surface area contributed by atoms with E-state index in [1.807, 2.05) is 0 Å². The summed E-state index contributed by atoms with van der Waals surface area (Å²) in [6.07, 6.45) is 0.621. The molecule has 0 bridgehead atoms. The highest BCUT2D eigenvalue weighted by Crippen LogP contribution is 1.99. The van der Waals surface area contributed by atoms with E-state index in [0.29, 0.717) is 6.29 Å². The Kier molecular flexibility index (Phi) is 1.66. The third-order valence-corrected chi connectivity index (χ3v) is 1.07. The molecule has 5 nitrogen and oxygen atoms in total. The lowest BCUT2D eigenvalue weighted by molar-refractivity contribution is 0.111. The summed E-state index contributed by atoms with van der Waals surface area (Å²) in [5.41, 5.74) is 0. The van der Waals surface area contributed by atoms with Crippen LogP contribution in [0.4, 0.5) is 0 Å². The second kappa shape index (κ2) is 2.47. The van der Waals surface area contributed by atoms with E-state index < -0.39 is 0 Å². The molecule has 0 atom stereocenters. The number of methoxy groups -OCH3 is 1. The number of aryl methyl sites for hydroxylation is 1. The van der Waals surface area contributed by atoms with Crippen LogP contribution in [0.2, 0.25) is 0 Å². The van der Waals surface area contributed by atoms with E-state index in [0.717, 1.165) is 0 Å². The van der Waals surface area contributed by atoms with Gasteiger partial charge in [0, 0.05) is 7.05 Å². The lowest BCUT2D eigenvalue weighted by atomic mass is 10.7. The fourth-order valence-electron chi connectivity index (χ4n) is 0.561. The number of aldehydes is 1. The van der Waals surface area contributed by atoms with E-state index in [-0.39, 0.29) is 11.8 Å². The van der Waals surface area contributed by atoms with Gasteiger partial charge in [0.2, 0.25) is 0 Å². The van der Waals surface area contributed by atoms with Crippen LogP contribution >= 0.6 is 0 Å². The van der Waals surface area contributed by atoms with Gasteiger partial charge in [0.1, 0.15) is 0 Å². The van der Waals surface area contributed by atoms with E-state index in [1.54, 1.807) is 7.05 Å². The van der Waals surface area contributed by atoms with Crippen molar-refractivity contribution in [3.63, 3.8) is 0 Å². The van der Waals surface area contributed by atoms with Crippen molar-refractivity contribution in [2.24, 2.45) is 7.05 Å². The minimum atomic E-state index is 0.213. The number of hydrogen-bond acceptors (Lipinski definition) is 4. The molecule has 0 amide bonds. The van der Waals surface area contributed by atoms with Crippen LogP contribution in [0.1, 0.15) is 10.6 Å². The van der Waals surface area contributed by atoms with Gasteiger partial charge in [-0.2, -0.15) is 4.98 Å². The SMILES string of the molecule is COc1nc(C=O)n(C)n1. The second-order valence-electron chi connectivity index (χ2n) is 1.70. The maximum atomic E-state index is 10.2. The molecule has 0 N–H and O–H groups in total. The van der Waals surface area contributed by atoms with E-state index >= 15 is 0 Å². The standard InChI is InChI=1S/C5H7N3O2/c1-8-4(3-9)6-5(7-8)10-2/h3H,1-2H3. The van der Waals surface area contributed by atoms with Crippen molar-refractivity contribution >= 4 is 6.29 Å². The fourth-order valence-corrected chi connectivity index (χ4v) is 0.561. The quantitative estimate of drug-likeness (QED) is 0.527. The van der Waals surface area contributed by atoms with Crippen molar-refractivity contribution in [2.45, 2.75) is 0 Å². The van der Waals surface area contributed by atoms with Gasteiger partial charge in [0.05, 0.1) is 7.11 Å². The normalized spacial score (nSPS) is 9.40. The van der Waals surface area contributed by atoms with Gasteiger partial charge >= 0.3 is 6.01 Å². The van der Waals surface area contributed by atoms with Crippen LogP contribution in [0.3, 0.4) is 0 Å². The van der Waals surface area contributed by atoms with Gasteiger partial charge in [0.15, 0.2) is 12.1 Å². The molecule has 0 radical (unpaired) electrons. The van der Waals surface area contributed by atoms with Crippen LogP contribution in [0.5, 0.6) is 6.01 Å². The Morgan fingerprint density at radius 3 is 2.70 bits per heavy atom. The Hall–Kier alpha value is -1.39. The first-order valence-corrected chi connectivity index (χ1v) is 2.68. The third kappa shape index (κ3) is 0.975. The molecular formula is C5H7N3O2. The molecule has 0 fully saturated rings. The van der Waals surface area contributed by atoms with Crippen molar-refractivity contribution in [1.29, 1.82) is 0 Å². The summed E-state index contributed by atoms with van der Waals surface area (Å²) in [6.45, 7) is 0. The van der Waals surface area contributed by atoms with Gasteiger partial charge in [-0.3, -0.25) is 4.79 Å². The van der Waals surface area contributed by atoms with Gasteiger partial charge in [-0.25, -0.2) is 4.68 Å². The Balaban J connectivity index is 3.03. The number of nitrogens with zero attached hydrogens (tertiary/aromatic N) is 3. The minimum absolute atomic E-state index is 0.213. The van der Waals surface area contributed by atoms with Crippen LogP contribution in [-0.2, 0) is 7.05 Å². The summed E-state index contributed by atoms with van der Waals surface area (Å²) in [6, 6.07) is 0.213. The number of carbonyl (C=O) groups is 1. The third-order valence-electron chi connectivity index (χ3n) is 1.07. The van der Waals surface area contributed by atoms with Gasteiger partial charge in [-0.1, -0.05) is 0 Å². The molecule has 0 saturated carbocycles. The van der Waals surface area contributed by atoms with Crippen LogP contribution < -0.4 is 4.74 Å². The highest BCUT2D eigenvalue weighted by molar-refractivity contribution is 5.68. The highest BCUT2D eigenvalue weighted by atomic mass is 16.5. The summed E-state index contributed by atoms with van der Waals surface area (Å²) < 4.78 is 6.03. The van der Waals surface area contributed by atoms with E-state index in [9.17, 15) is 4.79 Å². The topological polar surface area (TPSA) is 57.0 Å². The molecule has 10 heavy (non-hydrogen) atoms. The number of rotatable bonds is 2.